The van der Waals surface area contributed by atoms with Crippen LogP contribution in [0.2, 0.25) is 0 Å². The molecule has 5 nitrogen and oxygen atoms in total. The normalized spacial score (nSPS) is 11.8. The molecule has 0 aliphatic heterocycles. The molecule has 0 fully saturated rings. The zero-order valence-corrected chi connectivity index (χ0v) is 17.2. The van der Waals surface area contributed by atoms with Crippen LogP contribution < -0.4 is 5.32 Å². The van der Waals surface area contributed by atoms with E-state index in [4.69, 9.17) is 0 Å². The van der Waals surface area contributed by atoms with Gasteiger partial charge in [0.2, 0.25) is 15.9 Å². The number of amides is 1. The molecule has 146 valence electrons. The number of sulfonamides is 1. The lowest BCUT2D eigenvalue weighted by molar-refractivity contribution is -0.121. The van der Waals surface area contributed by atoms with E-state index >= 15 is 0 Å². The molecule has 0 aromatic heterocycles. The van der Waals surface area contributed by atoms with Gasteiger partial charge in [-0.25, -0.2) is 8.42 Å². The van der Waals surface area contributed by atoms with Gasteiger partial charge in [0.15, 0.2) is 0 Å². The largest absolute Gasteiger partial charge is 0.355 e. The van der Waals surface area contributed by atoms with Gasteiger partial charge in [0.05, 0.1) is 11.4 Å². The van der Waals surface area contributed by atoms with Gasteiger partial charge in [0, 0.05) is 13.1 Å². The van der Waals surface area contributed by atoms with Crippen molar-refractivity contribution in [3.63, 3.8) is 0 Å². The smallest absolute Gasteiger partial charge is 0.244 e. The van der Waals surface area contributed by atoms with Crippen molar-refractivity contribution in [1.82, 2.24) is 9.62 Å². The van der Waals surface area contributed by atoms with Crippen molar-refractivity contribution in [1.29, 1.82) is 0 Å². The summed E-state index contributed by atoms with van der Waals surface area (Å²) in [5, 5.41) is 2.80. The third-order valence-corrected chi connectivity index (χ3v) is 6.12. The van der Waals surface area contributed by atoms with Crippen molar-refractivity contribution in [2.45, 2.75) is 39.1 Å². The van der Waals surface area contributed by atoms with Crippen molar-refractivity contribution in [3.05, 3.63) is 65.2 Å². The highest BCUT2D eigenvalue weighted by atomic mass is 32.2. The summed E-state index contributed by atoms with van der Waals surface area (Å²) >= 11 is 0. The number of carbonyl (C=O) groups is 1. The summed E-state index contributed by atoms with van der Waals surface area (Å²) in [6.45, 7) is 8.06. The maximum absolute atomic E-state index is 13.3. The summed E-state index contributed by atoms with van der Waals surface area (Å²) in [5.74, 6) is 0.000611. The molecular formula is C21H28N2O3S. The Morgan fingerprint density at radius 3 is 2.37 bits per heavy atom. The summed E-state index contributed by atoms with van der Waals surface area (Å²) in [6.07, 6.45) is 0. The quantitative estimate of drug-likeness (QED) is 0.755. The number of nitrogens with zero attached hydrogens (tertiary/aromatic N) is 1. The lowest BCUT2D eigenvalue weighted by atomic mass is 10.2. The average molecular weight is 389 g/mol. The van der Waals surface area contributed by atoms with Crippen LogP contribution in [0.15, 0.2) is 53.4 Å². The number of aryl methyl sites for hydroxylation is 2. The molecule has 0 saturated carbocycles. The monoisotopic (exact) mass is 388 g/mol. The highest BCUT2D eigenvalue weighted by Crippen LogP contribution is 2.23. The highest BCUT2D eigenvalue weighted by molar-refractivity contribution is 7.89. The van der Waals surface area contributed by atoms with Gasteiger partial charge >= 0.3 is 0 Å². The Kier molecular flexibility index (Phi) is 7.16. The maximum atomic E-state index is 13.3. The Morgan fingerprint density at radius 1 is 1.07 bits per heavy atom. The summed E-state index contributed by atoms with van der Waals surface area (Å²) < 4.78 is 27.9. The predicted octanol–water partition coefficient (Wildman–Crippen LogP) is 3.27. The Morgan fingerprint density at radius 2 is 1.74 bits per heavy atom. The van der Waals surface area contributed by atoms with Crippen molar-refractivity contribution in [3.8, 4) is 0 Å². The Labute approximate surface area is 162 Å². The van der Waals surface area contributed by atoms with Gasteiger partial charge in [0.25, 0.3) is 0 Å². The van der Waals surface area contributed by atoms with Gasteiger partial charge in [-0.15, -0.1) is 0 Å². The first kappa shape index (κ1) is 21.1. The Hall–Kier alpha value is -2.18. The Bertz CT molecular complexity index is 878. The summed E-state index contributed by atoms with van der Waals surface area (Å²) in [6, 6.07) is 14.6. The third-order valence-electron chi connectivity index (χ3n) is 4.19. The molecule has 0 atom stereocenters. The molecule has 0 aliphatic rings. The second-order valence-corrected chi connectivity index (χ2v) is 9.13. The molecule has 0 radical (unpaired) electrons. The van der Waals surface area contributed by atoms with Crippen LogP contribution in [0, 0.1) is 19.8 Å². The summed E-state index contributed by atoms with van der Waals surface area (Å²) in [4.78, 5) is 12.6. The minimum Gasteiger partial charge on any atom is -0.355 e. The molecule has 1 amide bonds. The van der Waals surface area contributed by atoms with Crippen LogP contribution in [0.5, 0.6) is 0 Å². The zero-order valence-electron chi connectivity index (χ0n) is 16.4. The molecule has 0 saturated heterocycles. The maximum Gasteiger partial charge on any atom is 0.244 e. The SMILES string of the molecule is Cc1ccc(C)c(S(=O)(=O)N(CC(=O)NCC(C)C)Cc2ccccc2)c1. The standard InChI is InChI=1S/C21H28N2O3S/c1-16(2)13-22-21(24)15-23(14-19-8-6-5-7-9-19)27(25,26)20-12-17(3)10-11-18(20)4/h5-12,16H,13-15H2,1-4H3,(H,22,24). The number of benzene rings is 2. The molecule has 0 heterocycles. The van der Waals surface area contributed by atoms with Gasteiger partial charge in [-0.1, -0.05) is 56.3 Å². The predicted molar refractivity (Wildman–Crippen MR) is 108 cm³/mol. The van der Waals surface area contributed by atoms with Crippen LogP contribution in [0.3, 0.4) is 0 Å². The highest BCUT2D eigenvalue weighted by Gasteiger charge is 2.28. The first-order chi connectivity index (χ1) is 12.7. The first-order valence-corrected chi connectivity index (χ1v) is 10.5. The number of rotatable bonds is 8. The fourth-order valence-electron chi connectivity index (χ4n) is 2.67. The molecule has 0 unspecified atom stereocenters. The molecule has 2 aromatic rings. The minimum atomic E-state index is -3.81. The van der Waals surface area contributed by atoms with Crippen molar-refractivity contribution < 1.29 is 13.2 Å². The molecule has 1 N–H and O–H groups in total. The van der Waals surface area contributed by atoms with E-state index in [1.807, 2.05) is 57.2 Å². The number of hydrogen-bond acceptors (Lipinski definition) is 3. The first-order valence-electron chi connectivity index (χ1n) is 9.08. The van der Waals surface area contributed by atoms with Crippen LogP contribution in [0.1, 0.15) is 30.5 Å². The van der Waals surface area contributed by atoms with Gasteiger partial charge in [-0.2, -0.15) is 4.31 Å². The summed E-state index contributed by atoms with van der Waals surface area (Å²) in [7, 11) is -3.81. The molecule has 0 bridgehead atoms. The second kappa shape index (κ2) is 9.15. The summed E-state index contributed by atoms with van der Waals surface area (Å²) in [5.41, 5.74) is 2.37. The van der Waals surface area contributed by atoms with E-state index in [0.29, 0.717) is 18.0 Å². The van der Waals surface area contributed by atoms with E-state index in [-0.39, 0.29) is 23.9 Å². The van der Waals surface area contributed by atoms with Crippen molar-refractivity contribution >= 4 is 15.9 Å². The number of nitrogens with one attached hydrogen (secondary N) is 1. The number of carbonyl (C=O) groups excluding carboxylic acids is 1. The topological polar surface area (TPSA) is 66.5 Å². The van der Waals surface area contributed by atoms with Crippen molar-refractivity contribution in [2.75, 3.05) is 13.1 Å². The van der Waals surface area contributed by atoms with Crippen LogP contribution in [0.4, 0.5) is 0 Å². The molecule has 0 aliphatic carbocycles. The molecule has 2 rings (SSSR count). The van der Waals surface area contributed by atoms with Gasteiger partial charge in [-0.3, -0.25) is 4.79 Å². The molecule has 0 spiro atoms. The van der Waals surface area contributed by atoms with E-state index in [9.17, 15) is 13.2 Å². The van der Waals surface area contributed by atoms with Crippen LogP contribution in [-0.4, -0.2) is 31.7 Å². The zero-order chi connectivity index (χ0) is 20.0. The Balaban J connectivity index is 2.35. The van der Waals surface area contributed by atoms with E-state index in [1.165, 1.54) is 4.31 Å². The lowest BCUT2D eigenvalue weighted by Gasteiger charge is -2.23. The van der Waals surface area contributed by atoms with E-state index in [2.05, 4.69) is 5.32 Å². The fraction of sp³-hybridized carbons (Fsp3) is 0.381. The van der Waals surface area contributed by atoms with Gasteiger partial charge < -0.3 is 5.32 Å². The van der Waals surface area contributed by atoms with Crippen molar-refractivity contribution in [2.24, 2.45) is 5.92 Å². The van der Waals surface area contributed by atoms with Gasteiger partial charge in [-0.05, 0) is 42.5 Å². The second-order valence-electron chi connectivity index (χ2n) is 7.23. The van der Waals surface area contributed by atoms with E-state index in [0.717, 1.165) is 11.1 Å². The molecule has 27 heavy (non-hydrogen) atoms. The molecular weight excluding hydrogens is 360 g/mol. The third kappa shape index (κ3) is 5.91. The van der Waals surface area contributed by atoms with E-state index < -0.39 is 10.0 Å². The number of hydrogen-bond donors (Lipinski definition) is 1. The molecule has 2 aromatic carbocycles. The van der Waals surface area contributed by atoms with Gasteiger partial charge in [0.1, 0.15) is 0 Å². The fourth-order valence-corrected chi connectivity index (χ4v) is 4.37. The van der Waals surface area contributed by atoms with Crippen LogP contribution >= 0.6 is 0 Å². The average Bonchev–Trinajstić information content (AvgIpc) is 2.62. The minimum absolute atomic E-state index is 0.144. The lowest BCUT2D eigenvalue weighted by Crippen LogP contribution is -2.41. The molecule has 6 heteroatoms. The van der Waals surface area contributed by atoms with Crippen LogP contribution in [0.25, 0.3) is 0 Å². The van der Waals surface area contributed by atoms with E-state index in [1.54, 1.807) is 19.1 Å². The van der Waals surface area contributed by atoms with Crippen LogP contribution in [-0.2, 0) is 21.4 Å².